The van der Waals surface area contributed by atoms with Crippen LogP contribution in [0.1, 0.15) is 30.1 Å². The van der Waals surface area contributed by atoms with Crippen LogP contribution >= 0.6 is 0 Å². The molecule has 0 aliphatic heterocycles. The minimum absolute atomic E-state index is 0.0691. The molecule has 2 unspecified atom stereocenters. The summed E-state index contributed by atoms with van der Waals surface area (Å²) in [7, 11) is -2.94. The summed E-state index contributed by atoms with van der Waals surface area (Å²) in [4.78, 5) is 0. The van der Waals surface area contributed by atoms with Gasteiger partial charge in [0.15, 0.2) is 0 Å². The average Bonchev–Trinajstić information content (AvgIpc) is 2.27. The van der Waals surface area contributed by atoms with Crippen molar-refractivity contribution in [3.63, 3.8) is 0 Å². The van der Waals surface area contributed by atoms with Crippen molar-refractivity contribution in [2.45, 2.75) is 25.4 Å². The smallest absolute Gasteiger partial charge is 0.147 e. The van der Waals surface area contributed by atoms with Crippen molar-refractivity contribution in [2.24, 2.45) is 5.92 Å². The Morgan fingerprint density at radius 2 is 2.06 bits per heavy atom. The summed E-state index contributed by atoms with van der Waals surface area (Å²) in [6.07, 6.45) is 3.08. The Bertz CT molecular complexity index is 493. The van der Waals surface area contributed by atoms with Gasteiger partial charge in [-0.05, 0) is 36.3 Å². The Kier molecular flexibility index (Phi) is 3.54. The van der Waals surface area contributed by atoms with Crippen LogP contribution in [-0.4, -0.2) is 25.5 Å². The number of rotatable bonds is 3. The van der Waals surface area contributed by atoms with Crippen LogP contribution in [0.2, 0.25) is 0 Å². The highest BCUT2D eigenvalue weighted by atomic mass is 32.2. The first-order valence-electron chi connectivity index (χ1n) is 5.91. The van der Waals surface area contributed by atoms with E-state index in [1.165, 1.54) is 11.8 Å². The molecule has 0 saturated heterocycles. The summed E-state index contributed by atoms with van der Waals surface area (Å²) in [6.45, 7) is 0. The quantitative estimate of drug-likeness (QED) is 0.893. The second-order valence-electron chi connectivity index (χ2n) is 4.86. The fraction of sp³-hybridized carbons (Fsp3) is 0.538. The first-order chi connectivity index (χ1) is 7.97. The summed E-state index contributed by atoms with van der Waals surface area (Å²) in [5.74, 6) is 0.233. The van der Waals surface area contributed by atoms with Crippen molar-refractivity contribution in [2.75, 3.05) is 12.0 Å². The van der Waals surface area contributed by atoms with Crippen LogP contribution in [0.15, 0.2) is 24.3 Å². The summed E-state index contributed by atoms with van der Waals surface area (Å²) in [5, 5.41) is 10.2. The second kappa shape index (κ2) is 4.78. The number of benzene rings is 1. The molecule has 94 valence electrons. The van der Waals surface area contributed by atoms with Gasteiger partial charge in [-0.25, -0.2) is 8.42 Å². The van der Waals surface area contributed by atoms with E-state index in [4.69, 9.17) is 0 Å². The fourth-order valence-electron chi connectivity index (χ4n) is 2.47. The van der Waals surface area contributed by atoms with E-state index in [9.17, 15) is 13.5 Å². The minimum Gasteiger partial charge on any atom is -0.388 e. The van der Waals surface area contributed by atoms with E-state index in [-0.39, 0.29) is 11.7 Å². The first-order valence-corrected chi connectivity index (χ1v) is 7.97. The molecule has 0 bridgehead atoms. The highest BCUT2D eigenvalue weighted by Gasteiger charge is 2.27. The Morgan fingerprint density at radius 3 is 2.76 bits per heavy atom. The van der Waals surface area contributed by atoms with Crippen LogP contribution in [0.3, 0.4) is 0 Å². The van der Waals surface area contributed by atoms with Crippen LogP contribution in [-0.2, 0) is 16.3 Å². The highest BCUT2D eigenvalue weighted by molar-refractivity contribution is 7.90. The molecule has 0 amide bonds. The molecule has 0 aromatic heterocycles. The number of fused-ring (bicyclic) bond motifs is 1. The third kappa shape index (κ3) is 3.07. The van der Waals surface area contributed by atoms with E-state index in [1.807, 2.05) is 24.3 Å². The zero-order valence-corrected chi connectivity index (χ0v) is 10.8. The third-order valence-corrected chi connectivity index (χ3v) is 4.44. The van der Waals surface area contributed by atoms with Gasteiger partial charge in [-0.2, -0.15) is 0 Å². The van der Waals surface area contributed by atoms with Crippen LogP contribution < -0.4 is 0 Å². The Labute approximate surface area is 102 Å². The monoisotopic (exact) mass is 254 g/mol. The van der Waals surface area contributed by atoms with Crippen molar-refractivity contribution >= 4 is 9.84 Å². The fourth-order valence-corrected chi connectivity index (χ4v) is 3.20. The van der Waals surface area contributed by atoms with E-state index in [0.29, 0.717) is 6.42 Å². The lowest BCUT2D eigenvalue weighted by Gasteiger charge is -2.29. The molecule has 0 spiro atoms. The predicted molar refractivity (Wildman–Crippen MR) is 67.5 cm³/mol. The molecule has 2 atom stereocenters. The number of hydrogen-bond donors (Lipinski definition) is 1. The van der Waals surface area contributed by atoms with Crippen molar-refractivity contribution in [1.29, 1.82) is 0 Å². The standard InChI is InChI=1S/C13H18O3S/c1-17(15,16)9-8-11-7-6-10-4-2-3-5-12(10)13(11)14/h2-5,11,13-14H,6-9H2,1H3. The summed E-state index contributed by atoms with van der Waals surface area (Å²) >= 11 is 0. The maximum absolute atomic E-state index is 11.1. The van der Waals surface area contributed by atoms with E-state index in [1.54, 1.807) is 0 Å². The molecule has 2 rings (SSSR count). The van der Waals surface area contributed by atoms with Crippen molar-refractivity contribution in [3.8, 4) is 0 Å². The van der Waals surface area contributed by atoms with Crippen molar-refractivity contribution in [3.05, 3.63) is 35.4 Å². The van der Waals surface area contributed by atoms with E-state index >= 15 is 0 Å². The lowest BCUT2D eigenvalue weighted by molar-refractivity contribution is 0.0918. The maximum Gasteiger partial charge on any atom is 0.147 e. The molecule has 4 heteroatoms. The molecule has 1 aromatic rings. The number of hydrogen-bond acceptors (Lipinski definition) is 3. The topological polar surface area (TPSA) is 54.4 Å². The minimum atomic E-state index is -2.94. The van der Waals surface area contributed by atoms with E-state index in [2.05, 4.69) is 0 Å². The maximum atomic E-state index is 11.1. The summed E-state index contributed by atoms with van der Waals surface area (Å²) in [5.41, 5.74) is 2.16. The van der Waals surface area contributed by atoms with Gasteiger partial charge in [0.2, 0.25) is 0 Å². The second-order valence-corrected chi connectivity index (χ2v) is 7.12. The normalized spacial score (nSPS) is 24.4. The number of sulfone groups is 1. The van der Waals surface area contributed by atoms with Crippen LogP contribution in [0, 0.1) is 5.92 Å². The van der Waals surface area contributed by atoms with Gasteiger partial charge in [-0.15, -0.1) is 0 Å². The van der Waals surface area contributed by atoms with Crippen molar-refractivity contribution in [1.82, 2.24) is 0 Å². The number of aliphatic hydroxyl groups is 1. The summed E-state index contributed by atoms with van der Waals surface area (Å²) < 4.78 is 22.3. The molecule has 1 aliphatic carbocycles. The molecule has 1 N–H and O–H groups in total. The van der Waals surface area contributed by atoms with Gasteiger partial charge in [0.1, 0.15) is 9.84 Å². The van der Waals surface area contributed by atoms with Gasteiger partial charge < -0.3 is 5.11 Å². The van der Waals surface area contributed by atoms with Crippen molar-refractivity contribution < 1.29 is 13.5 Å². The molecule has 0 heterocycles. The van der Waals surface area contributed by atoms with Gasteiger partial charge >= 0.3 is 0 Å². The third-order valence-electron chi connectivity index (χ3n) is 3.46. The molecule has 0 fully saturated rings. The van der Waals surface area contributed by atoms with Gasteiger partial charge in [0.25, 0.3) is 0 Å². The zero-order chi connectivity index (χ0) is 12.5. The van der Waals surface area contributed by atoms with E-state index in [0.717, 1.165) is 18.4 Å². The Hall–Kier alpha value is -0.870. The molecule has 1 aliphatic rings. The average molecular weight is 254 g/mol. The SMILES string of the molecule is CS(=O)(=O)CCC1CCc2ccccc2C1O. The molecule has 1 aromatic carbocycles. The van der Waals surface area contributed by atoms with Crippen LogP contribution in [0.25, 0.3) is 0 Å². The molecular formula is C13H18O3S. The molecule has 0 saturated carbocycles. The lowest BCUT2D eigenvalue weighted by Crippen LogP contribution is -2.22. The highest BCUT2D eigenvalue weighted by Crippen LogP contribution is 2.36. The Balaban J connectivity index is 2.10. The van der Waals surface area contributed by atoms with Gasteiger partial charge in [0.05, 0.1) is 11.9 Å². The number of aliphatic hydroxyl groups excluding tert-OH is 1. The Morgan fingerprint density at radius 1 is 1.35 bits per heavy atom. The molecular weight excluding hydrogens is 236 g/mol. The molecule has 0 radical (unpaired) electrons. The largest absolute Gasteiger partial charge is 0.388 e. The van der Waals surface area contributed by atoms with Gasteiger partial charge in [-0.1, -0.05) is 24.3 Å². The lowest BCUT2D eigenvalue weighted by atomic mass is 9.80. The molecule has 3 nitrogen and oxygen atoms in total. The van der Waals surface area contributed by atoms with E-state index < -0.39 is 15.9 Å². The number of aryl methyl sites for hydroxylation is 1. The molecule has 17 heavy (non-hydrogen) atoms. The van der Waals surface area contributed by atoms with Gasteiger partial charge in [-0.3, -0.25) is 0 Å². The van der Waals surface area contributed by atoms with Gasteiger partial charge in [0, 0.05) is 6.26 Å². The predicted octanol–water partition coefficient (Wildman–Crippen LogP) is 1.72. The summed E-state index contributed by atoms with van der Waals surface area (Å²) in [6, 6.07) is 7.86. The van der Waals surface area contributed by atoms with Crippen LogP contribution in [0.4, 0.5) is 0 Å². The zero-order valence-electron chi connectivity index (χ0n) is 9.96. The first kappa shape index (κ1) is 12.6. The van der Waals surface area contributed by atoms with Crippen LogP contribution in [0.5, 0.6) is 0 Å².